The number of carbonyl (C=O) groups excluding carboxylic acids is 1. The van der Waals surface area contributed by atoms with Crippen LogP contribution in [-0.4, -0.2) is 39.3 Å². The van der Waals surface area contributed by atoms with Crippen LogP contribution in [0.15, 0.2) is 51.8 Å². The van der Waals surface area contributed by atoms with Crippen LogP contribution in [0.3, 0.4) is 0 Å². The fourth-order valence-electron chi connectivity index (χ4n) is 2.56. The standard InChI is InChI=1S/C18H20BrClN2O4S/c1-4-26-15-10-7-13(19)11-16(15)27(24,25)22(3)17(18(23)21-2)12-5-8-14(20)9-6-12/h5-11,17H,4H2,1-3H3,(H,21,23). The number of sulfonamides is 1. The summed E-state index contributed by atoms with van der Waals surface area (Å²) < 4.78 is 33.7. The average Bonchev–Trinajstić information content (AvgIpc) is 2.64. The Kier molecular flexibility index (Phi) is 7.27. The molecule has 146 valence electrons. The van der Waals surface area contributed by atoms with E-state index < -0.39 is 22.0 Å². The predicted molar refractivity (Wildman–Crippen MR) is 109 cm³/mol. The maximum Gasteiger partial charge on any atom is 0.247 e. The minimum atomic E-state index is -4.04. The van der Waals surface area contributed by atoms with Gasteiger partial charge in [-0.3, -0.25) is 4.79 Å². The molecule has 2 aromatic rings. The average molecular weight is 476 g/mol. The lowest BCUT2D eigenvalue weighted by Gasteiger charge is -2.27. The number of likely N-dealkylation sites (N-methyl/N-ethyl adjacent to an activating group) is 2. The number of hydrogen-bond acceptors (Lipinski definition) is 4. The van der Waals surface area contributed by atoms with Gasteiger partial charge in [-0.05, 0) is 42.8 Å². The van der Waals surface area contributed by atoms with Crippen molar-refractivity contribution in [3.05, 3.63) is 57.5 Å². The SMILES string of the molecule is CCOc1ccc(Br)cc1S(=O)(=O)N(C)C(C(=O)NC)c1ccc(Cl)cc1. The molecule has 0 saturated carbocycles. The van der Waals surface area contributed by atoms with Gasteiger partial charge in [0.25, 0.3) is 0 Å². The first-order valence-corrected chi connectivity index (χ1v) is 10.7. The third-order valence-electron chi connectivity index (χ3n) is 3.91. The van der Waals surface area contributed by atoms with Crippen LogP contribution in [0.4, 0.5) is 0 Å². The molecule has 0 aliphatic heterocycles. The molecule has 27 heavy (non-hydrogen) atoms. The number of rotatable bonds is 7. The molecule has 2 rings (SSSR count). The number of halogens is 2. The smallest absolute Gasteiger partial charge is 0.247 e. The fraction of sp³-hybridized carbons (Fsp3) is 0.278. The first-order valence-electron chi connectivity index (χ1n) is 8.09. The summed E-state index contributed by atoms with van der Waals surface area (Å²) in [5, 5.41) is 3.01. The Morgan fingerprint density at radius 3 is 2.44 bits per heavy atom. The number of nitrogens with zero attached hydrogens (tertiary/aromatic N) is 1. The van der Waals surface area contributed by atoms with Crippen molar-refractivity contribution < 1.29 is 17.9 Å². The first-order chi connectivity index (χ1) is 12.7. The predicted octanol–water partition coefficient (Wildman–Crippen LogP) is 3.61. The molecule has 0 heterocycles. The summed E-state index contributed by atoms with van der Waals surface area (Å²) in [6.45, 7) is 2.08. The van der Waals surface area contributed by atoms with Gasteiger partial charge in [-0.15, -0.1) is 0 Å². The molecule has 0 spiro atoms. The molecule has 0 fully saturated rings. The van der Waals surface area contributed by atoms with Gasteiger partial charge in [-0.2, -0.15) is 4.31 Å². The molecule has 0 aliphatic rings. The quantitative estimate of drug-likeness (QED) is 0.664. The highest BCUT2D eigenvalue weighted by atomic mass is 79.9. The van der Waals surface area contributed by atoms with Gasteiger partial charge in [-0.25, -0.2) is 8.42 Å². The lowest BCUT2D eigenvalue weighted by molar-refractivity contribution is -0.124. The fourth-order valence-corrected chi connectivity index (χ4v) is 4.66. The number of nitrogens with one attached hydrogen (secondary N) is 1. The third-order valence-corrected chi connectivity index (χ3v) is 6.50. The van der Waals surface area contributed by atoms with E-state index >= 15 is 0 Å². The molecule has 6 nitrogen and oxygen atoms in total. The van der Waals surface area contributed by atoms with E-state index in [0.717, 1.165) is 4.31 Å². The Bertz CT molecular complexity index is 919. The van der Waals surface area contributed by atoms with Crippen molar-refractivity contribution in [2.45, 2.75) is 17.9 Å². The summed E-state index contributed by atoms with van der Waals surface area (Å²) in [4.78, 5) is 12.5. The van der Waals surface area contributed by atoms with E-state index in [1.54, 1.807) is 43.3 Å². The zero-order valence-electron chi connectivity index (χ0n) is 15.1. The molecule has 0 radical (unpaired) electrons. The van der Waals surface area contributed by atoms with Crippen molar-refractivity contribution in [2.75, 3.05) is 20.7 Å². The van der Waals surface area contributed by atoms with Crippen LogP contribution in [0, 0.1) is 0 Å². The van der Waals surface area contributed by atoms with Crippen molar-refractivity contribution in [1.82, 2.24) is 9.62 Å². The third kappa shape index (κ3) is 4.82. The van der Waals surface area contributed by atoms with Crippen LogP contribution < -0.4 is 10.1 Å². The zero-order chi connectivity index (χ0) is 20.2. The minimum absolute atomic E-state index is 0.0240. The monoisotopic (exact) mass is 474 g/mol. The molecular formula is C18H20BrClN2O4S. The highest BCUT2D eigenvalue weighted by Crippen LogP contribution is 2.33. The van der Waals surface area contributed by atoms with Gasteiger partial charge in [0.1, 0.15) is 16.7 Å². The van der Waals surface area contributed by atoms with Crippen LogP contribution in [0.2, 0.25) is 5.02 Å². The van der Waals surface area contributed by atoms with Crippen molar-refractivity contribution in [3.8, 4) is 5.75 Å². The number of carbonyl (C=O) groups is 1. The Labute approximate surface area is 172 Å². The van der Waals surface area contributed by atoms with Crippen molar-refractivity contribution in [3.63, 3.8) is 0 Å². The maximum absolute atomic E-state index is 13.3. The van der Waals surface area contributed by atoms with Gasteiger partial charge in [0.2, 0.25) is 15.9 Å². The minimum Gasteiger partial charge on any atom is -0.492 e. The highest BCUT2D eigenvalue weighted by molar-refractivity contribution is 9.10. The molecular weight excluding hydrogens is 456 g/mol. The van der Waals surface area contributed by atoms with Gasteiger partial charge in [0, 0.05) is 23.6 Å². The van der Waals surface area contributed by atoms with Crippen LogP contribution >= 0.6 is 27.5 Å². The lowest BCUT2D eigenvalue weighted by atomic mass is 10.1. The largest absolute Gasteiger partial charge is 0.492 e. The Balaban J connectivity index is 2.56. The van der Waals surface area contributed by atoms with E-state index in [-0.39, 0.29) is 10.6 Å². The molecule has 0 aromatic heterocycles. The van der Waals surface area contributed by atoms with Crippen LogP contribution in [-0.2, 0) is 14.8 Å². The number of ether oxygens (including phenoxy) is 1. The molecule has 1 unspecified atom stereocenters. The molecule has 1 atom stereocenters. The first kappa shape index (κ1) is 21.7. The van der Waals surface area contributed by atoms with Gasteiger partial charge in [0.05, 0.1) is 6.61 Å². The van der Waals surface area contributed by atoms with E-state index in [2.05, 4.69) is 21.2 Å². The second-order valence-electron chi connectivity index (χ2n) is 5.61. The molecule has 1 N–H and O–H groups in total. The van der Waals surface area contributed by atoms with E-state index in [9.17, 15) is 13.2 Å². The maximum atomic E-state index is 13.3. The van der Waals surface area contributed by atoms with Crippen LogP contribution in [0.25, 0.3) is 0 Å². The molecule has 9 heteroatoms. The number of hydrogen-bond donors (Lipinski definition) is 1. The van der Waals surface area contributed by atoms with E-state index in [0.29, 0.717) is 21.7 Å². The number of benzene rings is 2. The summed E-state index contributed by atoms with van der Waals surface area (Å²) in [7, 11) is -1.23. The van der Waals surface area contributed by atoms with Crippen molar-refractivity contribution >= 4 is 43.5 Å². The van der Waals surface area contributed by atoms with E-state index in [1.165, 1.54) is 20.2 Å². The Hall–Kier alpha value is -1.61. The zero-order valence-corrected chi connectivity index (χ0v) is 18.2. The summed E-state index contributed by atoms with van der Waals surface area (Å²) in [6, 6.07) is 10.1. The topological polar surface area (TPSA) is 75.7 Å². The normalized spacial score (nSPS) is 12.7. The molecule has 1 amide bonds. The summed E-state index contributed by atoms with van der Waals surface area (Å²) in [5.41, 5.74) is 0.498. The summed E-state index contributed by atoms with van der Waals surface area (Å²) >= 11 is 9.20. The van der Waals surface area contributed by atoms with Gasteiger partial charge < -0.3 is 10.1 Å². The molecule has 0 saturated heterocycles. The Morgan fingerprint density at radius 2 is 1.89 bits per heavy atom. The Morgan fingerprint density at radius 1 is 1.26 bits per heavy atom. The summed E-state index contributed by atoms with van der Waals surface area (Å²) in [6.07, 6.45) is 0. The lowest BCUT2D eigenvalue weighted by Crippen LogP contribution is -2.40. The second-order valence-corrected chi connectivity index (χ2v) is 8.93. The van der Waals surface area contributed by atoms with Crippen molar-refractivity contribution in [2.24, 2.45) is 0 Å². The van der Waals surface area contributed by atoms with Crippen LogP contribution in [0.1, 0.15) is 18.5 Å². The molecule has 0 bridgehead atoms. The molecule has 2 aromatic carbocycles. The number of amides is 1. The summed E-state index contributed by atoms with van der Waals surface area (Å²) in [5.74, 6) is -0.240. The van der Waals surface area contributed by atoms with Gasteiger partial charge in [-0.1, -0.05) is 39.7 Å². The highest BCUT2D eigenvalue weighted by Gasteiger charge is 2.35. The molecule has 0 aliphatic carbocycles. The van der Waals surface area contributed by atoms with Crippen LogP contribution in [0.5, 0.6) is 5.75 Å². The second kappa shape index (κ2) is 9.05. The van der Waals surface area contributed by atoms with Gasteiger partial charge >= 0.3 is 0 Å². The van der Waals surface area contributed by atoms with E-state index in [4.69, 9.17) is 16.3 Å². The van der Waals surface area contributed by atoms with Crippen molar-refractivity contribution in [1.29, 1.82) is 0 Å². The van der Waals surface area contributed by atoms with E-state index in [1.807, 2.05) is 0 Å². The van der Waals surface area contributed by atoms with Gasteiger partial charge in [0.15, 0.2) is 0 Å².